The van der Waals surface area contributed by atoms with Crippen LogP contribution in [-0.2, 0) is 6.54 Å². The van der Waals surface area contributed by atoms with Gasteiger partial charge in [-0.15, -0.1) is 11.3 Å². The predicted molar refractivity (Wildman–Crippen MR) is 71.3 cm³/mol. The number of nitrogens with one attached hydrogen (secondary N) is 1. The van der Waals surface area contributed by atoms with E-state index in [-0.39, 0.29) is 0 Å². The van der Waals surface area contributed by atoms with Crippen LogP contribution in [0.15, 0.2) is 6.20 Å². The van der Waals surface area contributed by atoms with Gasteiger partial charge in [0.2, 0.25) is 0 Å². The van der Waals surface area contributed by atoms with E-state index in [1.165, 1.54) is 48.7 Å². The lowest BCUT2D eigenvalue weighted by molar-refractivity contribution is 0.233. The molecule has 0 spiro atoms. The highest BCUT2D eigenvalue weighted by Crippen LogP contribution is 2.30. The van der Waals surface area contributed by atoms with E-state index in [4.69, 9.17) is 0 Å². The summed E-state index contributed by atoms with van der Waals surface area (Å²) in [5, 5.41) is 4.80. The minimum atomic E-state index is 0.726. The molecule has 2 aliphatic rings. The van der Waals surface area contributed by atoms with E-state index in [0.717, 1.165) is 18.6 Å². The fourth-order valence-electron chi connectivity index (χ4n) is 2.66. The lowest BCUT2D eigenvalue weighted by atomic mass is 10.2. The highest BCUT2D eigenvalue weighted by Gasteiger charge is 2.31. The topological polar surface area (TPSA) is 28.2 Å². The molecule has 1 saturated carbocycles. The summed E-state index contributed by atoms with van der Waals surface area (Å²) in [6.45, 7) is 5.63. The highest BCUT2D eigenvalue weighted by molar-refractivity contribution is 7.11. The Morgan fingerprint density at radius 2 is 2.35 bits per heavy atom. The molecule has 2 fully saturated rings. The van der Waals surface area contributed by atoms with E-state index in [0.29, 0.717) is 0 Å². The Bertz CT molecular complexity index is 366. The van der Waals surface area contributed by atoms with Gasteiger partial charge in [-0.2, -0.15) is 0 Å². The maximum atomic E-state index is 4.36. The van der Waals surface area contributed by atoms with Gasteiger partial charge >= 0.3 is 0 Å². The van der Waals surface area contributed by atoms with Crippen molar-refractivity contribution in [1.82, 2.24) is 15.2 Å². The number of thiazole rings is 1. The fourth-order valence-corrected chi connectivity index (χ4v) is 3.48. The van der Waals surface area contributed by atoms with Crippen molar-refractivity contribution in [2.75, 3.05) is 13.1 Å². The van der Waals surface area contributed by atoms with Gasteiger partial charge in [-0.1, -0.05) is 0 Å². The molecule has 3 nitrogen and oxygen atoms in total. The number of nitrogens with zero attached hydrogens (tertiary/aromatic N) is 2. The SMILES string of the molecule is Cc1ncc(CN(CC2CCCN2)C2CC2)s1. The van der Waals surface area contributed by atoms with Crippen LogP contribution in [0.2, 0.25) is 0 Å². The van der Waals surface area contributed by atoms with Crippen LogP contribution in [0.25, 0.3) is 0 Å². The van der Waals surface area contributed by atoms with E-state index in [1.54, 1.807) is 0 Å². The Labute approximate surface area is 107 Å². The molecule has 1 unspecified atom stereocenters. The molecule has 3 rings (SSSR count). The number of hydrogen-bond acceptors (Lipinski definition) is 4. The van der Waals surface area contributed by atoms with Crippen molar-refractivity contribution < 1.29 is 0 Å². The molecule has 0 amide bonds. The zero-order valence-electron chi connectivity index (χ0n) is 10.5. The second-order valence-corrected chi connectivity index (χ2v) is 6.62. The molecule has 1 N–H and O–H groups in total. The molecule has 1 aliphatic heterocycles. The van der Waals surface area contributed by atoms with Crippen LogP contribution >= 0.6 is 11.3 Å². The lowest BCUT2D eigenvalue weighted by Crippen LogP contribution is -2.38. The van der Waals surface area contributed by atoms with Crippen LogP contribution in [0.5, 0.6) is 0 Å². The van der Waals surface area contributed by atoms with E-state index in [1.807, 2.05) is 11.3 Å². The third kappa shape index (κ3) is 3.06. The number of aromatic nitrogens is 1. The summed E-state index contributed by atoms with van der Waals surface area (Å²) in [6, 6.07) is 1.57. The third-order valence-electron chi connectivity index (χ3n) is 3.71. The van der Waals surface area contributed by atoms with Crippen molar-refractivity contribution in [3.63, 3.8) is 0 Å². The van der Waals surface area contributed by atoms with E-state index >= 15 is 0 Å². The normalized spacial score (nSPS) is 24.7. The standard InChI is InChI=1S/C13H21N3S/c1-10-15-7-13(17-10)9-16(12-4-5-12)8-11-3-2-6-14-11/h7,11-12,14H,2-6,8-9H2,1H3. The second kappa shape index (κ2) is 5.04. The van der Waals surface area contributed by atoms with E-state index in [2.05, 4.69) is 28.3 Å². The molecular weight excluding hydrogens is 230 g/mol. The van der Waals surface area contributed by atoms with Gasteiger partial charge in [0.05, 0.1) is 5.01 Å². The quantitative estimate of drug-likeness (QED) is 0.869. The highest BCUT2D eigenvalue weighted by atomic mass is 32.1. The van der Waals surface area contributed by atoms with E-state index in [9.17, 15) is 0 Å². The van der Waals surface area contributed by atoms with Crippen LogP contribution in [0.1, 0.15) is 35.6 Å². The molecule has 1 atom stereocenters. The van der Waals surface area contributed by atoms with Crippen LogP contribution in [-0.4, -0.2) is 35.1 Å². The monoisotopic (exact) mass is 251 g/mol. The molecule has 1 aromatic heterocycles. The molecule has 1 saturated heterocycles. The van der Waals surface area contributed by atoms with Gasteiger partial charge in [0, 0.05) is 36.2 Å². The smallest absolute Gasteiger partial charge is 0.0897 e. The first-order valence-electron chi connectivity index (χ1n) is 6.70. The average Bonchev–Trinajstić information content (AvgIpc) is 2.89. The Hall–Kier alpha value is -0.450. The lowest BCUT2D eigenvalue weighted by Gasteiger charge is -2.24. The van der Waals surface area contributed by atoms with Gasteiger partial charge in [-0.25, -0.2) is 4.98 Å². The molecule has 17 heavy (non-hydrogen) atoms. The summed E-state index contributed by atoms with van der Waals surface area (Å²) in [5.74, 6) is 0. The molecular formula is C13H21N3S. The molecule has 2 heterocycles. The van der Waals surface area contributed by atoms with Crippen molar-refractivity contribution in [3.8, 4) is 0 Å². The van der Waals surface area contributed by atoms with Crippen LogP contribution < -0.4 is 5.32 Å². The minimum absolute atomic E-state index is 0.726. The Kier molecular flexibility index (Phi) is 3.45. The number of aryl methyl sites for hydroxylation is 1. The van der Waals surface area contributed by atoms with Gasteiger partial charge in [0.1, 0.15) is 0 Å². The largest absolute Gasteiger partial charge is 0.313 e. The summed E-state index contributed by atoms with van der Waals surface area (Å²) in [6.07, 6.45) is 7.54. The molecule has 0 aromatic carbocycles. The van der Waals surface area contributed by atoms with Crippen molar-refractivity contribution in [1.29, 1.82) is 0 Å². The second-order valence-electron chi connectivity index (χ2n) is 5.30. The molecule has 94 valence electrons. The van der Waals surface area contributed by atoms with Crippen molar-refractivity contribution in [3.05, 3.63) is 16.1 Å². The molecule has 1 aliphatic carbocycles. The van der Waals surface area contributed by atoms with Crippen LogP contribution in [0, 0.1) is 6.92 Å². The fraction of sp³-hybridized carbons (Fsp3) is 0.769. The van der Waals surface area contributed by atoms with Crippen molar-refractivity contribution in [2.24, 2.45) is 0 Å². The molecule has 4 heteroatoms. The van der Waals surface area contributed by atoms with Gasteiger partial charge < -0.3 is 5.32 Å². The van der Waals surface area contributed by atoms with Gasteiger partial charge in [0.25, 0.3) is 0 Å². The first kappa shape index (κ1) is 11.6. The third-order valence-corrected chi connectivity index (χ3v) is 4.61. The van der Waals surface area contributed by atoms with E-state index < -0.39 is 0 Å². The van der Waals surface area contributed by atoms with Gasteiger partial charge in [-0.3, -0.25) is 4.90 Å². The predicted octanol–water partition coefficient (Wildman–Crippen LogP) is 2.17. The zero-order chi connectivity index (χ0) is 11.7. The zero-order valence-corrected chi connectivity index (χ0v) is 11.3. The first-order valence-corrected chi connectivity index (χ1v) is 7.51. The minimum Gasteiger partial charge on any atom is -0.313 e. The van der Waals surface area contributed by atoms with Crippen LogP contribution in [0.4, 0.5) is 0 Å². The molecule has 1 aromatic rings. The Morgan fingerprint density at radius 1 is 1.47 bits per heavy atom. The maximum Gasteiger partial charge on any atom is 0.0897 e. The van der Waals surface area contributed by atoms with Crippen molar-refractivity contribution in [2.45, 2.75) is 51.2 Å². The average molecular weight is 251 g/mol. The summed E-state index contributed by atoms with van der Waals surface area (Å²) >= 11 is 1.85. The van der Waals surface area contributed by atoms with Crippen molar-refractivity contribution >= 4 is 11.3 Å². The summed E-state index contributed by atoms with van der Waals surface area (Å²) in [7, 11) is 0. The molecule has 0 radical (unpaired) electrons. The molecule has 0 bridgehead atoms. The van der Waals surface area contributed by atoms with Gasteiger partial charge in [0.15, 0.2) is 0 Å². The summed E-state index contributed by atoms with van der Waals surface area (Å²) in [4.78, 5) is 8.44. The summed E-state index contributed by atoms with van der Waals surface area (Å²) in [5.41, 5.74) is 0. The Balaban J connectivity index is 1.59. The summed E-state index contributed by atoms with van der Waals surface area (Å²) < 4.78 is 0. The van der Waals surface area contributed by atoms with Crippen LogP contribution in [0.3, 0.4) is 0 Å². The Morgan fingerprint density at radius 3 is 2.94 bits per heavy atom. The number of hydrogen-bond donors (Lipinski definition) is 1. The van der Waals surface area contributed by atoms with Gasteiger partial charge in [-0.05, 0) is 39.2 Å². The number of rotatable bonds is 5. The first-order chi connectivity index (χ1) is 8.31. The maximum absolute atomic E-state index is 4.36.